The number of rotatable bonds is 5. The number of nitrogens with zero attached hydrogens (tertiary/aromatic N) is 1. The summed E-state index contributed by atoms with van der Waals surface area (Å²) in [4.78, 5) is 13.4. The Kier molecular flexibility index (Phi) is 3.57. The summed E-state index contributed by atoms with van der Waals surface area (Å²) >= 11 is 5.86. The molecule has 3 nitrogen and oxygen atoms in total. The molecule has 0 atom stereocenters. The summed E-state index contributed by atoms with van der Waals surface area (Å²) in [5, 5.41) is 9.69. The van der Waals surface area contributed by atoms with Gasteiger partial charge in [-0.3, -0.25) is 0 Å². The maximum Gasteiger partial charge on any atom is 0.337 e. The first-order valence-corrected chi connectivity index (χ1v) is 6.30. The first kappa shape index (κ1) is 12.2. The summed E-state index contributed by atoms with van der Waals surface area (Å²) in [7, 11) is 0. The Hall–Kier alpha value is -1.22. The molecule has 0 heterocycles. The lowest BCUT2D eigenvalue weighted by Gasteiger charge is -2.25. The van der Waals surface area contributed by atoms with Gasteiger partial charge in [-0.15, -0.1) is 0 Å². The second-order valence-electron chi connectivity index (χ2n) is 4.39. The maximum absolute atomic E-state index is 11.2. The molecule has 0 amide bonds. The smallest absolute Gasteiger partial charge is 0.337 e. The molecule has 1 aliphatic carbocycles. The highest BCUT2D eigenvalue weighted by molar-refractivity contribution is 6.31. The van der Waals surface area contributed by atoms with Crippen molar-refractivity contribution >= 4 is 23.3 Å². The highest BCUT2D eigenvalue weighted by atomic mass is 35.5. The van der Waals surface area contributed by atoms with Crippen LogP contribution in [-0.4, -0.2) is 23.7 Å². The van der Waals surface area contributed by atoms with Crippen molar-refractivity contribution in [2.75, 3.05) is 11.4 Å². The van der Waals surface area contributed by atoms with Crippen LogP contribution < -0.4 is 4.90 Å². The number of hydrogen-bond donors (Lipinski definition) is 1. The van der Waals surface area contributed by atoms with Crippen molar-refractivity contribution in [3.63, 3.8) is 0 Å². The zero-order valence-electron chi connectivity index (χ0n) is 9.82. The monoisotopic (exact) mass is 253 g/mol. The standard InChI is InChI=1S/C13H16ClNO2/c1-2-7-15(10-4-5-10)12-6-3-9(14)8-11(12)13(16)17/h3,6,8,10H,2,4-5,7H2,1H3,(H,16,17). The summed E-state index contributed by atoms with van der Waals surface area (Å²) in [6.07, 6.45) is 3.32. The SMILES string of the molecule is CCCN(c1ccc(Cl)cc1C(=O)O)C1CC1. The van der Waals surface area contributed by atoms with E-state index in [2.05, 4.69) is 11.8 Å². The molecule has 0 aliphatic heterocycles. The van der Waals surface area contributed by atoms with E-state index in [0.717, 1.165) is 31.5 Å². The molecule has 2 rings (SSSR count). The van der Waals surface area contributed by atoms with Gasteiger partial charge in [0.25, 0.3) is 0 Å². The van der Waals surface area contributed by atoms with Crippen molar-refractivity contribution in [1.82, 2.24) is 0 Å². The normalized spacial score (nSPS) is 14.7. The fourth-order valence-corrected chi connectivity index (χ4v) is 2.23. The van der Waals surface area contributed by atoms with Gasteiger partial charge < -0.3 is 10.0 Å². The van der Waals surface area contributed by atoms with E-state index in [1.807, 2.05) is 6.07 Å². The average molecular weight is 254 g/mol. The van der Waals surface area contributed by atoms with E-state index >= 15 is 0 Å². The summed E-state index contributed by atoms with van der Waals surface area (Å²) < 4.78 is 0. The summed E-state index contributed by atoms with van der Waals surface area (Å²) in [6, 6.07) is 5.62. The van der Waals surface area contributed by atoms with E-state index in [1.165, 1.54) is 6.07 Å². The zero-order chi connectivity index (χ0) is 12.4. The van der Waals surface area contributed by atoms with Gasteiger partial charge in [0, 0.05) is 17.6 Å². The summed E-state index contributed by atoms with van der Waals surface area (Å²) in [5.41, 5.74) is 1.10. The molecule has 4 heteroatoms. The van der Waals surface area contributed by atoms with Crippen LogP contribution in [0.4, 0.5) is 5.69 Å². The van der Waals surface area contributed by atoms with Gasteiger partial charge in [-0.2, -0.15) is 0 Å². The van der Waals surface area contributed by atoms with Crippen LogP contribution in [0.2, 0.25) is 5.02 Å². The number of hydrogen-bond acceptors (Lipinski definition) is 2. The molecule has 1 aromatic rings. The Morgan fingerprint density at radius 2 is 2.24 bits per heavy atom. The van der Waals surface area contributed by atoms with Crippen molar-refractivity contribution in [1.29, 1.82) is 0 Å². The lowest BCUT2D eigenvalue weighted by atomic mass is 10.1. The number of carboxylic acid groups (broad SMARTS) is 1. The Labute approximate surface area is 106 Å². The number of benzene rings is 1. The molecule has 0 spiro atoms. The summed E-state index contributed by atoms with van der Waals surface area (Å²) in [6.45, 7) is 3.00. The second-order valence-corrected chi connectivity index (χ2v) is 4.83. The first-order valence-electron chi connectivity index (χ1n) is 5.93. The van der Waals surface area contributed by atoms with Crippen LogP contribution in [0, 0.1) is 0 Å². The Morgan fingerprint density at radius 3 is 2.76 bits per heavy atom. The molecule has 0 aromatic heterocycles. The number of aromatic carboxylic acids is 1. The van der Waals surface area contributed by atoms with Gasteiger partial charge in [0.05, 0.1) is 11.3 Å². The van der Waals surface area contributed by atoms with Crippen LogP contribution in [0.15, 0.2) is 18.2 Å². The molecule has 1 fully saturated rings. The van der Waals surface area contributed by atoms with Gasteiger partial charge >= 0.3 is 5.97 Å². The van der Waals surface area contributed by atoms with Gasteiger partial charge in [-0.05, 0) is 37.5 Å². The minimum atomic E-state index is -0.913. The predicted molar refractivity (Wildman–Crippen MR) is 69.1 cm³/mol. The molecule has 17 heavy (non-hydrogen) atoms. The highest BCUT2D eigenvalue weighted by Crippen LogP contribution is 2.34. The van der Waals surface area contributed by atoms with Gasteiger partial charge in [0.1, 0.15) is 0 Å². The highest BCUT2D eigenvalue weighted by Gasteiger charge is 2.30. The van der Waals surface area contributed by atoms with Crippen LogP contribution in [0.25, 0.3) is 0 Å². The van der Waals surface area contributed by atoms with Crippen molar-refractivity contribution in [3.8, 4) is 0 Å². The second kappa shape index (κ2) is 4.96. The Morgan fingerprint density at radius 1 is 1.53 bits per heavy atom. The van der Waals surface area contributed by atoms with Gasteiger partial charge in [-0.25, -0.2) is 4.79 Å². The van der Waals surface area contributed by atoms with Gasteiger partial charge in [0.15, 0.2) is 0 Å². The number of halogens is 1. The minimum Gasteiger partial charge on any atom is -0.478 e. The molecular formula is C13H16ClNO2. The molecule has 0 radical (unpaired) electrons. The first-order chi connectivity index (χ1) is 8.13. The lowest BCUT2D eigenvalue weighted by molar-refractivity contribution is 0.0697. The van der Waals surface area contributed by atoms with Crippen molar-refractivity contribution in [3.05, 3.63) is 28.8 Å². The molecule has 0 saturated heterocycles. The van der Waals surface area contributed by atoms with Crippen LogP contribution in [-0.2, 0) is 0 Å². The molecule has 1 saturated carbocycles. The number of carboxylic acids is 1. The van der Waals surface area contributed by atoms with Crippen LogP contribution in [0.5, 0.6) is 0 Å². The van der Waals surface area contributed by atoms with Crippen molar-refractivity contribution < 1.29 is 9.90 Å². The molecule has 0 bridgehead atoms. The van der Waals surface area contributed by atoms with E-state index in [4.69, 9.17) is 11.6 Å². The Balaban J connectivity index is 2.37. The molecule has 1 N–H and O–H groups in total. The van der Waals surface area contributed by atoms with Gasteiger partial charge in [-0.1, -0.05) is 18.5 Å². The molecule has 0 unspecified atom stereocenters. The molecule has 1 aromatic carbocycles. The van der Waals surface area contributed by atoms with E-state index in [1.54, 1.807) is 6.07 Å². The van der Waals surface area contributed by atoms with Crippen LogP contribution >= 0.6 is 11.6 Å². The molecular weight excluding hydrogens is 238 g/mol. The third kappa shape index (κ3) is 2.72. The lowest BCUT2D eigenvalue weighted by Crippen LogP contribution is -2.28. The zero-order valence-corrected chi connectivity index (χ0v) is 10.6. The van der Waals surface area contributed by atoms with E-state index in [9.17, 15) is 9.90 Å². The fraction of sp³-hybridized carbons (Fsp3) is 0.462. The average Bonchev–Trinajstić information content (AvgIpc) is 3.10. The molecule has 1 aliphatic rings. The van der Waals surface area contributed by atoms with E-state index < -0.39 is 5.97 Å². The third-order valence-electron chi connectivity index (χ3n) is 2.95. The van der Waals surface area contributed by atoms with Gasteiger partial charge in [0.2, 0.25) is 0 Å². The molecule has 92 valence electrons. The minimum absolute atomic E-state index is 0.304. The quantitative estimate of drug-likeness (QED) is 0.874. The van der Waals surface area contributed by atoms with E-state index in [-0.39, 0.29) is 0 Å². The van der Waals surface area contributed by atoms with Crippen molar-refractivity contribution in [2.45, 2.75) is 32.2 Å². The number of carbonyl (C=O) groups is 1. The van der Waals surface area contributed by atoms with Crippen LogP contribution in [0.3, 0.4) is 0 Å². The van der Waals surface area contributed by atoms with Crippen LogP contribution in [0.1, 0.15) is 36.5 Å². The van der Waals surface area contributed by atoms with Crippen molar-refractivity contribution in [2.24, 2.45) is 0 Å². The topological polar surface area (TPSA) is 40.5 Å². The maximum atomic E-state index is 11.2. The number of anilines is 1. The third-order valence-corrected chi connectivity index (χ3v) is 3.19. The van der Waals surface area contributed by atoms with E-state index in [0.29, 0.717) is 16.6 Å². The predicted octanol–water partition coefficient (Wildman–Crippen LogP) is 3.42. The Bertz CT molecular complexity index is 429. The largest absolute Gasteiger partial charge is 0.478 e. The summed E-state index contributed by atoms with van der Waals surface area (Å²) in [5.74, 6) is -0.913. The fourth-order valence-electron chi connectivity index (χ4n) is 2.06.